The molecule has 1 saturated carbocycles. The minimum absolute atomic E-state index is 0.174. The first-order valence-electron chi connectivity index (χ1n) is 7.14. The maximum absolute atomic E-state index is 12.4. The molecular formula is C14H27N3O. The second-order valence-electron chi connectivity index (χ2n) is 6.55. The predicted octanol–water partition coefficient (Wildman–Crippen LogP) is 0.914. The Balaban J connectivity index is 1.84. The summed E-state index contributed by atoms with van der Waals surface area (Å²) in [6.45, 7) is 4.82. The van der Waals surface area contributed by atoms with E-state index in [2.05, 4.69) is 19.0 Å². The van der Waals surface area contributed by atoms with E-state index in [1.54, 1.807) is 0 Å². The van der Waals surface area contributed by atoms with Gasteiger partial charge in [0.05, 0.1) is 5.54 Å². The van der Waals surface area contributed by atoms with Gasteiger partial charge >= 0.3 is 0 Å². The molecule has 0 aromatic carbocycles. The SMILES string of the molecule is CN(C)CC1CCN(C(=O)C(C)(N)C2CC2)CC1. The van der Waals surface area contributed by atoms with Crippen LogP contribution in [0.25, 0.3) is 0 Å². The van der Waals surface area contributed by atoms with Crippen LogP contribution in [0.5, 0.6) is 0 Å². The van der Waals surface area contributed by atoms with Gasteiger partial charge in [-0.05, 0) is 58.5 Å². The number of carbonyl (C=O) groups excluding carboxylic acids is 1. The standard InChI is InChI=1S/C14H27N3O/c1-14(15,12-4-5-12)13(18)17-8-6-11(7-9-17)10-16(2)3/h11-12H,4-10,15H2,1-3H3. The van der Waals surface area contributed by atoms with Gasteiger partial charge in [-0.1, -0.05) is 0 Å². The molecule has 1 aliphatic heterocycles. The second-order valence-corrected chi connectivity index (χ2v) is 6.55. The van der Waals surface area contributed by atoms with Crippen LogP contribution >= 0.6 is 0 Å². The van der Waals surface area contributed by atoms with E-state index in [1.165, 1.54) is 0 Å². The van der Waals surface area contributed by atoms with Crippen molar-refractivity contribution in [1.82, 2.24) is 9.80 Å². The quantitative estimate of drug-likeness (QED) is 0.810. The highest BCUT2D eigenvalue weighted by Gasteiger charge is 2.46. The fourth-order valence-corrected chi connectivity index (χ4v) is 3.03. The Kier molecular flexibility index (Phi) is 3.97. The molecule has 0 aromatic heterocycles. The maximum atomic E-state index is 12.4. The fourth-order valence-electron chi connectivity index (χ4n) is 3.03. The van der Waals surface area contributed by atoms with Crippen molar-refractivity contribution in [3.05, 3.63) is 0 Å². The van der Waals surface area contributed by atoms with Crippen molar-refractivity contribution in [3.63, 3.8) is 0 Å². The number of amides is 1. The molecule has 1 amide bonds. The van der Waals surface area contributed by atoms with Gasteiger partial charge < -0.3 is 15.5 Å². The average Bonchev–Trinajstić information content (AvgIpc) is 3.12. The summed E-state index contributed by atoms with van der Waals surface area (Å²) < 4.78 is 0. The Morgan fingerprint density at radius 1 is 1.28 bits per heavy atom. The van der Waals surface area contributed by atoms with Crippen LogP contribution in [-0.2, 0) is 4.79 Å². The molecule has 2 rings (SSSR count). The van der Waals surface area contributed by atoms with Crippen LogP contribution < -0.4 is 5.73 Å². The number of nitrogens with zero attached hydrogens (tertiary/aromatic N) is 2. The molecule has 4 nitrogen and oxygen atoms in total. The zero-order valence-corrected chi connectivity index (χ0v) is 12.0. The smallest absolute Gasteiger partial charge is 0.242 e. The molecule has 0 spiro atoms. The molecule has 2 aliphatic rings. The topological polar surface area (TPSA) is 49.6 Å². The van der Waals surface area contributed by atoms with Crippen LogP contribution in [0.4, 0.5) is 0 Å². The van der Waals surface area contributed by atoms with Crippen LogP contribution in [0.2, 0.25) is 0 Å². The van der Waals surface area contributed by atoms with E-state index in [0.717, 1.165) is 51.2 Å². The summed E-state index contributed by atoms with van der Waals surface area (Å²) in [5.41, 5.74) is 5.60. The molecule has 1 saturated heterocycles. The van der Waals surface area contributed by atoms with Crippen molar-refractivity contribution in [3.8, 4) is 0 Å². The number of piperidine rings is 1. The first kappa shape index (κ1) is 13.8. The molecule has 1 atom stereocenters. The van der Waals surface area contributed by atoms with Gasteiger partial charge in [-0.25, -0.2) is 0 Å². The van der Waals surface area contributed by atoms with Crippen molar-refractivity contribution in [2.24, 2.45) is 17.6 Å². The van der Waals surface area contributed by atoms with Crippen molar-refractivity contribution < 1.29 is 4.79 Å². The molecule has 4 heteroatoms. The Morgan fingerprint density at radius 2 is 1.83 bits per heavy atom. The largest absolute Gasteiger partial charge is 0.341 e. The molecule has 1 unspecified atom stereocenters. The van der Waals surface area contributed by atoms with E-state index >= 15 is 0 Å². The number of carbonyl (C=O) groups is 1. The number of rotatable bonds is 4. The first-order valence-corrected chi connectivity index (χ1v) is 7.14. The monoisotopic (exact) mass is 253 g/mol. The van der Waals surface area contributed by atoms with E-state index in [0.29, 0.717) is 5.92 Å². The van der Waals surface area contributed by atoms with Gasteiger partial charge in [0.2, 0.25) is 5.91 Å². The Bertz CT molecular complexity index is 302. The molecule has 0 radical (unpaired) electrons. The second kappa shape index (κ2) is 5.17. The van der Waals surface area contributed by atoms with Gasteiger partial charge in [0.25, 0.3) is 0 Å². The van der Waals surface area contributed by atoms with E-state index in [9.17, 15) is 4.79 Å². The van der Waals surface area contributed by atoms with Crippen LogP contribution in [0.1, 0.15) is 32.6 Å². The lowest BCUT2D eigenvalue weighted by Crippen LogP contribution is -2.56. The third kappa shape index (κ3) is 3.04. The molecule has 1 heterocycles. The molecule has 104 valence electrons. The van der Waals surface area contributed by atoms with E-state index < -0.39 is 5.54 Å². The number of hydrogen-bond acceptors (Lipinski definition) is 3. The van der Waals surface area contributed by atoms with Gasteiger partial charge in [-0.15, -0.1) is 0 Å². The minimum atomic E-state index is -0.617. The lowest BCUT2D eigenvalue weighted by atomic mass is 9.91. The minimum Gasteiger partial charge on any atom is -0.341 e. The van der Waals surface area contributed by atoms with Crippen molar-refractivity contribution >= 4 is 5.91 Å². The molecular weight excluding hydrogens is 226 g/mol. The summed E-state index contributed by atoms with van der Waals surface area (Å²) in [4.78, 5) is 16.6. The van der Waals surface area contributed by atoms with Crippen LogP contribution in [0, 0.1) is 11.8 Å². The van der Waals surface area contributed by atoms with Gasteiger partial charge in [0.15, 0.2) is 0 Å². The highest BCUT2D eigenvalue weighted by Crippen LogP contribution is 2.39. The predicted molar refractivity (Wildman–Crippen MR) is 73.2 cm³/mol. The molecule has 1 aliphatic carbocycles. The molecule has 18 heavy (non-hydrogen) atoms. The zero-order chi connectivity index (χ0) is 13.3. The van der Waals surface area contributed by atoms with Crippen molar-refractivity contribution in [2.45, 2.75) is 38.1 Å². The van der Waals surface area contributed by atoms with Gasteiger partial charge in [-0.3, -0.25) is 4.79 Å². The van der Waals surface area contributed by atoms with E-state index in [4.69, 9.17) is 5.73 Å². The molecule has 2 fully saturated rings. The number of likely N-dealkylation sites (tertiary alicyclic amines) is 1. The van der Waals surface area contributed by atoms with E-state index in [-0.39, 0.29) is 5.91 Å². The third-order valence-electron chi connectivity index (χ3n) is 4.41. The highest BCUT2D eigenvalue weighted by atomic mass is 16.2. The Hall–Kier alpha value is -0.610. The molecule has 0 bridgehead atoms. The lowest BCUT2D eigenvalue weighted by molar-refractivity contribution is -0.138. The van der Waals surface area contributed by atoms with Crippen LogP contribution in [0.3, 0.4) is 0 Å². The third-order valence-corrected chi connectivity index (χ3v) is 4.41. The summed E-state index contributed by atoms with van der Waals surface area (Å²) in [5.74, 6) is 1.33. The first-order chi connectivity index (χ1) is 8.41. The lowest BCUT2D eigenvalue weighted by Gasteiger charge is -2.37. The molecule has 0 aromatic rings. The van der Waals surface area contributed by atoms with Gasteiger partial charge in [0.1, 0.15) is 0 Å². The van der Waals surface area contributed by atoms with E-state index in [1.807, 2.05) is 11.8 Å². The van der Waals surface area contributed by atoms with Gasteiger partial charge in [-0.2, -0.15) is 0 Å². The van der Waals surface area contributed by atoms with Crippen LogP contribution in [-0.4, -0.2) is 55.0 Å². The Labute approximate surface area is 110 Å². The van der Waals surface area contributed by atoms with Crippen molar-refractivity contribution in [2.75, 3.05) is 33.7 Å². The maximum Gasteiger partial charge on any atom is 0.242 e. The molecule has 2 N–H and O–H groups in total. The summed E-state index contributed by atoms with van der Waals surface area (Å²) in [7, 11) is 4.23. The summed E-state index contributed by atoms with van der Waals surface area (Å²) in [6.07, 6.45) is 4.47. The fraction of sp³-hybridized carbons (Fsp3) is 0.929. The Morgan fingerprint density at radius 3 is 2.28 bits per heavy atom. The summed E-state index contributed by atoms with van der Waals surface area (Å²) in [5, 5.41) is 0. The summed E-state index contributed by atoms with van der Waals surface area (Å²) in [6, 6.07) is 0. The zero-order valence-electron chi connectivity index (χ0n) is 12.0. The normalized spacial score (nSPS) is 25.3. The van der Waals surface area contributed by atoms with Crippen LogP contribution in [0.15, 0.2) is 0 Å². The highest BCUT2D eigenvalue weighted by molar-refractivity contribution is 5.86. The summed E-state index contributed by atoms with van der Waals surface area (Å²) >= 11 is 0. The van der Waals surface area contributed by atoms with Crippen molar-refractivity contribution in [1.29, 1.82) is 0 Å². The number of hydrogen-bond donors (Lipinski definition) is 1. The number of nitrogens with two attached hydrogens (primary N) is 1. The van der Waals surface area contributed by atoms with Gasteiger partial charge in [0, 0.05) is 19.6 Å². The average molecular weight is 253 g/mol.